The molecular formula is C17H21Cl2N3O3S. The molecule has 1 spiro atoms. The number of carbonyl (C=O) groups is 1. The van der Waals surface area contributed by atoms with Gasteiger partial charge < -0.3 is 5.32 Å². The fourth-order valence-corrected chi connectivity index (χ4v) is 5.40. The Balaban J connectivity index is 1.77. The summed E-state index contributed by atoms with van der Waals surface area (Å²) in [6.07, 6.45) is 2.19. The summed E-state index contributed by atoms with van der Waals surface area (Å²) in [5.74, 6) is 0.362. The van der Waals surface area contributed by atoms with Gasteiger partial charge in [0.1, 0.15) is 11.4 Å². The molecule has 0 bridgehead atoms. The standard InChI is InChI=1S/C17H21Cl2N3O3S/c1-2-3-10-26(24,25)22-8-6-17(7-9-22)16(23)20-15(21-17)13-5-4-12(18)11-14(13)19/h4-5,11H,2-3,6-10H2,1H3,(H,20,21,23). The van der Waals surface area contributed by atoms with Gasteiger partial charge in [-0.05, 0) is 37.5 Å². The van der Waals surface area contributed by atoms with Gasteiger partial charge in [0.2, 0.25) is 10.0 Å². The Labute approximate surface area is 163 Å². The van der Waals surface area contributed by atoms with Crippen LogP contribution in [-0.4, -0.2) is 48.8 Å². The maximum absolute atomic E-state index is 12.6. The van der Waals surface area contributed by atoms with Gasteiger partial charge in [0.15, 0.2) is 0 Å². The number of unbranched alkanes of at least 4 members (excludes halogenated alkanes) is 1. The van der Waals surface area contributed by atoms with E-state index in [4.69, 9.17) is 23.2 Å². The Morgan fingerprint density at radius 3 is 2.58 bits per heavy atom. The molecule has 1 amide bonds. The molecule has 1 aromatic rings. The van der Waals surface area contributed by atoms with Crippen molar-refractivity contribution in [2.24, 2.45) is 4.99 Å². The van der Waals surface area contributed by atoms with Gasteiger partial charge in [-0.15, -0.1) is 0 Å². The maximum atomic E-state index is 12.6. The van der Waals surface area contributed by atoms with Crippen LogP contribution in [0.25, 0.3) is 0 Å². The molecule has 142 valence electrons. The van der Waals surface area contributed by atoms with Gasteiger partial charge in [0, 0.05) is 23.7 Å². The minimum absolute atomic E-state index is 0.150. The zero-order chi connectivity index (χ0) is 18.9. The summed E-state index contributed by atoms with van der Waals surface area (Å²) in [7, 11) is -3.27. The molecule has 0 atom stereocenters. The van der Waals surface area contributed by atoms with Gasteiger partial charge in [-0.25, -0.2) is 12.7 Å². The Morgan fingerprint density at radius 1 is 1.27 bits per heavy atom. The molecule has 6 nitrogen and oxygen atoms in total. The van der Waals surface area contributed by atoms with Crippen molar-refractivity contribution in [1.82, 2.24) is 9.62 Å². The highest BCUT2D eigenvalue weighted by atomic mass is 35.5. The first-order valence-electron chi connectivity index (χ1n) is 8.62. The average molecular weight is 418 g/mol. The van der Waals surface area contributed by atoms with Crippen molar-refractivity contribution in [3.8, 4) is 0 Å². The van der Waals surface area contributed by atoms with Gasteiger partial charge in [-0.1, -0.05) is 36.5 Å². The SMILES string of the molecule is CCCCS(=O)(=O)N1CCC2(CC1)N=C(c1ccc(Cl)cc1Cl)NC2=O. The zero-order valence-corrected chi connectivity index (χ0v) is 16.8. The molecule has 3 rings (SSSR count). The quantitative estimate of drug-likeness (QED) is 0.799. The fraction of sp³-hybridized carbons (Fsp3) is 0.529. The van der Waals surface area contributed by atoms with Crippen LogP contribution in [0.3, 0.4) is 0 Å². The van der Waals surface area contributed by atoms with Crippen molar-refractivity contribution in [3.63, 3.8) is 0 Å². The lowest BCUT2D eigenvalue weighted by atomic mass is 9.89. The summed E-state index contributed by atoms with van der Waals surface area (Å²) in [5, 5.41) is 3.71. The van der Waals surface area contributed by atoms with Crippen LogP contribution in [0.15, 0.2) is 23.2 Å². The van der Waals surface area contributed by atoms with Crippen LogP contribution in [0.2, 0.25) is 10.0 Å². The van der Waals surface area contributed by atoms with E-state index in [1.54, 1.807) is 18.2 Å². The van der Waals surface area contributed by atoms with Gasteiger partial charge in [-0.2, -0.15) is 0 Å². The number of nitrogens with one attached hydrogen (secondary N) is 1. The van der Waals surface area contributed by atoms with Crippen molar-refractivity contribution in [3.05, 3.63) is 33.8 Å². The second-order valence-electron chi connectivity index (χ2n) is 6.64. The van der Waals surface area contributed by atoms with Gasteiger partial charge in [0.25, 0.3) is 5.91 Å². The van der Waals surface area contributed by atoms with Crippen LogP contribution in [0.4, 0.5) is 0 Å². The largest absolute Gasteiger partial charge is 0.308 e. The smallest absolute Gasteiger partial charge is 0.253 e. The Kier molecular flexibility index (Phi) is 5.63. The Hall–Kier alpha value is -1.15. The molecule has 0 saturated carbocycles. The molecule has 1 N–H and O–H groups in total. The molecule has 2 heterocycles. The maximum Gasteiger partial charge on any atom is 0.253 e. The van der Waals surface area contributed by atoms with E-state index in [0.29, 0.717) is 53.8 Å². The Morgan fingerprint density at radius 2 is 1.96 bits per heavy atom. The first-order chi connectivity index (χ1) is 12.3. The average Bonchev–Trinajstić information content (AvgIpc) is 2.89. The van der Waals surface area contributed by atoms with Crippen LogP contribution < -0.4 is 5.32 Å². The zero-order valence-electron chi connectivity index (χ0n) is 14.5. The molecule has 2 aliphatic rings. The minimum Gasteiger partial charge on any atom is -0.308 e. The summed E-state index contributed by atoms with van der Waals surface area (Å²) in [5.41, 5.74) is -0.311. The highest BCUT2D eigenvalue weighted by Crippen LogP contribution is 2.33. The molecule has 0 aliphatic carbocycles. The number of rotatable bonds is 5. The van der Waals surface area contributed by atoms with Crippen molar-refractivity contribution >= 4 is 45.0 Å². The summed E-state index contributed by atoms with van der Waals surface area (Å²) >= 11 is 12.1. The number of amides is 1. The summed E-state index contributed by atoms with van der Waals surface area (Å²) < 4.78 is 26.2. The van der Waals surface area contributed by atoms with E-state index in [2.05, 4.69) is 10.3 Å². The third-order valence-corrected chi connectivity index (χ3v) is 7.37. The first-order valence-corrected chi connectivity index (χ1v) is 11.0. The number of nitrogens with zero attached hydrogens (tertiary/aromatic N) is 2. The molecule has 0 aromatic heterocycles. The number of piperidine rings is 1. The van der Waals surface area contributed by atoms with Crippen LogP contribution in [-0.2, 0) is 14.8 Å². The molecule has 0 radical (unpaired) electrons. The monoisotopic (exact) mass is 417 g/mol. The lowest BCUT2D eigenvalue weighted by molar-refractivity contribution is -0.124. The Bertz CT molecular complexity index is 847. The van der Waals surface area contributed by atoms with Crippen LogP contribution in [0.5, 0.6) is 0 Å². The van der Waals surface area contributed by atoms with Gasteiger partial charge in [-0.3, -0.25) is 9.79 Å². The molecule has 2 aliphatic heterocycles. The molecule has 26 heavy (non-hydrogen) atoms. The lowest BCUT2D eigenvalue weighted by Crippen LogP contribution is -2.50. The highest BCUT2D eigenvalue weighted by molar-refractivity contribution is 7.89. The lowest BCUT2D eigenvalue weighted by Gasteiger charge is -2.34. The third kappa shape index (κ3) is 3.76. The predicted molar refractivity (Wildman–Crippen MR) is 103 cm³/mol. The third-order valence-electron chi connectivity index (χ3n) is 4.87. The van der Waals surface area contributed by atoms with Crippen molar-refractivity contribution in [1.29, 1.82) is 0 Å². The molecule has 9 heteroatoms. The topological polar surface area (TPSA) is 78.8 Å². The highest BCUT2D eigenvalue weighted by Gasteiger charge is 2.47. The molecule has 1 fully saturated rings. The number of benzene rings is 1. The van der Waals surface area contributed by atoms with E-state index in [1.807, 2.05) is 6.92 Å². The van der Waals surface area contributed by atoms with Crippen molar-refractivity contribution < 1.29 is 13.2 Å². The second kappa shape index (κ2) is 7.46. The summed E-state index contributed by atoms with van der Waals surface area (Å²) in [6.45, 7) is 2.55. The number of amidine groups is 1. The van der Waals surface area contributed by atoms with E-state index in [1.165, 1.54) is 4.31 Å². The number of carbonyl (C=O) groups excluding carboxylic acids is 1. The number of hydrogen-bond acceptors (Lipinski definition) is 4. The molecular weight excluding hydrogens is 397 g/mol. The van der Waals surface area contributed by atoms with E-state index in [-0.39, 0.29) is 11.7 Å². The fourth-order valence-electron chi connectivity index (χ4n) is 3.25. The van der Waals surface area contributed by atoms with Crippen LogP contribution in [0, 0.1) is 0 Å². The van der Waals surface area contributed by atoms with Crippen LogP contribution in [0.1, 0.15) is 38.2 Å². The van der Waals surface area contributed by atoms with Crippen LogP contribution >= 0.6 is 23.2 Å². The minimum atomic E-state index is -3.27. The number of aliphatic imine (C=N–C) groups is 1. The predicted octanol–water partition coefficient (Wildman–Crippen LogP) is 2.83. The molecule has 1 aromatic carbocycles. The van der Waals surface area contributed by atoms with Gasteiger partial charge in [0.05, 0.1) is 10.8 Å². The number of hydrogen-bond donors (Lipinski definition) is 1. The van der Waals surface area contributed by atoms with E-state index in [0.717, 1.165) is 6.42 Å². The molecule has 0 unspecified atom stereocenters. The summed E-state index contributed by atoms with van der Waals surface area (Å²) in [4.78, 5) is 17.2. The van der Waals surface area contributed by atoms with E-state index in [9.17, 15) is 13.2 Å². The first kappa shape index (κ1) is 19.6. The van der Waals surface area contributed by atoms with E-state index >= 15 is 0 Å². The molecule has 1 saturated heterocycles. The normalized spacial score (nSPS) is 20.3. The van der Waals surface area contributed by atoms with Crippen molar-refractivity contribution in [2.75, 3.05) is 18.8 Å². The van der Waals surface area contributed by atoms with Gasteiger partial charge >= 0.3 is 0 Å². The summed E-state index contributed by atoms with van der Waals surface area (Å²) in [6, 6.07) is 5.00. The van der Waals surface area contributed by atoms with E-state index < -0.39 is 15.6 Å². The second-order valence-corrected chi connectivity index (χ2v) is 9.57. The van der Waals surface area contributed by atoms with Crippen molar-refractivity contribution in [2.45, 2.75) is 38.1 Å². The number of sulfonamides is 1. The number of halogens is 2.